The molecule has 6 heteroatoms. The van der Waals surface area contributed by atoms with Gasteiger partial charge in [0, 0.05) is 24.7 Å². The number of carbonyl (C=O) groups is 2. The van der Waals surface area contributed by atoms with Gasteiger partial charge < -0.3 is 14.8 Å². The van der Waals surface area contributed by atoms with E-state index in [-0.39, 0.29) is 19.0 Å². The lowest BCUT2D eigenvalue weighted by atomic mass is 10.1. The molecule has 0 unspecified atom stereocenters. The highest BCUT2D eigenvalue weighted by atomic mass is 16.6. The summed E-state index contributed by atoms with van der Waals surface area (Å²) in [6.45, 7) is 5.84. The summed E-state index contributed by atoms with van der Waals surface area (Å²) in [5.41, 5.74) is 0.0816. The van der Waals surface area contributed by atoms with E-state index in [4.69, 9.17) is 9.47 Å². The normalized spacial score (nSPS) is 11.2. The first-order valence-corrected chi connectivity index (χ1v) is 8.54. The zero-order valence-corrected chi connectivity index (χ0v) is 15.7. The number of carbonyl (C=O) groups excluding carboxylic acids is 2. The van der Waals surface area contributed by atoms with Crippen molar-refractivity contribution in [2.45, 2.75) is 26.4 Å². The number of nitrogens with zero attached hydrogens (tertiary/aromatic N) is 1. The van der Waals surface area contributed by atoms with Crippen molar-refractivity contribution in [2.75, 3.05) is 32.1 Å². The molecular weight excluding hydrogens is 332 g/mol. The predicted octanol–water partition coefficient (Wildman–Crippen LogP) is 3.66. The van der Waals surface area contributed by atoms with Crippen molar-refractivity contribution in [3.8, 4) is 0 Å². The van der Waals surface area contributed by atoms with Gasteiger partial charge in [0.1, 0.15) is 12.1 Å². The van der Waals surface area contributed by atoms with Gasteiger partial charge in [-0.15, -0.1) is 0 Å². The molecule has 0 fully saturated rings. The highest BCUT2D eigenvalue weighted by molar-refractivity contribution is 6.03. The van der Waals surface area contributed by atoms with Crippen LogP contribution in [-0.4, -0.2) is 49.3 Å². The van der Waals surface area contributed by atoms with Crippen molar-refractivity contribution in [1.29, 1.82) is 0 Å². The van der Waals surface area contributed by atoms with Crippen molar-refractivity contribution >= 4 is 28.5 Å². The Kier molecular flexibility index (Phi) is 6.58. The molecule has 0 bridgehead atoms. The second-order valence-electron chi connectivity index (χ2n) is 6.97. The molecule has 1 N–H and O–H groups in total. The fourth-order valence-electron chi connectivity index (χ4n) is 2.46. The Morgan fingerprint density at radius 3 is 2.46 bits per heavy atom. The second-order valence-corrected chi connectivity index (χ2v) is 6.97. The predicted molar refractivity (Wildman–Crippen MR) is 102 cm³/mol. The van der Waals surface area contributed by atoms with Crippen LogP contribution >= 0.6 is 0 Å². The van der Waals surface area contributed by atoms with Crippen LogP contribution < -0.4 is 5.32 Å². The fourth-order valence-corrected chi connectivity index (χ4v) is 2.46. The Labute approximate surface area is 154 Å². The number of nitrogens with one attached hydrogen (secondary N) is 1. The molecule has 2 aromatic rings. The van der Waals surface area contributed by atoms with Crippen molar-refractivity contribution in [3.05, 3.63) is 42.5 Å². The van der Waals surface area contributed by atoms with Gasteiger partial charge in [0.2, 0.25) is 5.91 Å². The molecular formula is C20H26N2O4. The minimum absolute atomic E-state index is 0.110. The number of fused-ring (bicyclic) bond motifs is 1. The summed E-state index contributed by atoms with van der Waals surface area (Å²) in [5, 5.41) is 4.86. The van der Waals surface area contributed by atoms with E-state index in [2.05, 4.69) is 5.32 Å². The number of hydrogen-bond donors (Lipinski definition) is 1. The lowest BCUT2D eigenvalue weighted by Gasteiger charge is -2.27. The summed E-state index contributed by atoms with van der Waals surface area (Å²) in [6, 6.07) is 13.5. The molecule has 0 aliphatic heterocycles. The molecule has 140 valence electrons. The first-order valence-electron chi connectivity index (χ1n) is 8.54. The molecule has 0 atom stereocenters. The van der Waals surface area contributed by atoms with Crippen LogP contribution in [0.3, 0.4) is 0 Å². The molecule has 0 saturated heterocycles. The number of anilines is 1. The van der Waals surface area contributed by atoms with Crippen LogP contribution in [0.2, 0.25) is 0 Å². The van der Waals surface area contributed by atoms with E-state index in [0.717, 1.165) is 10.8 Å². The van der Waals surface area contributed by atoms with Crippen LogP contribution in [0.15, 0.2) is 42.5 Å². The van der Waals surface area contributed by atoms with Crippen LogP contribution in [0.4, 0.5) is 10.5 Å². The molecule has 0 saturated carbocycles. The number of ether oxygens (including phenoxy) is 2. The summed E-state index contributed by atoms with van der Waals surface area (Å²) < 4.78 is 10.4. The summed E-state index contributed by atoms with van der Waals surface area (Å²) in [5.74, 6) is -0.289. The summed E-state index contributed by atoms with van der Waals surface area (Å²) in [4.78, 5) is 26.2. The maximum atomic E-state index is 12.5. The van der Waals surface area contributed by atoms with Gasteiger partial charge in [-0.1, -0.05) is 36.4 Å². The molecule has 0 aliphatic rings. The van der Waals surface area contributed by atoms with E-state index in [9.17, 15) is 9.59 Å². The highest BCUT2D eigenvalue weighted by Crippen LogP contribution is 2.22. The van der Waals surface area contributed by atoms with Crippen LogP contribution in [0, 0.1) is 0 Å². The molecule has 0 aliphatic carbocycles. The van der Waals surface area contributed by atoms with Crippen molar-refractivity contribution in [2.24, 2.45) is 0 Å². The van der Waals surface area contributed by atoms with E-state index in [1.165, 1.54) is 4.90 Å². The summed E-state index contributed by atoms with van der Waals surface area (Å²) >= 11 is 0. The first kappa shape index (κ1) is 19.7. The van der Waals surface area contributed by atoms with Gasteiger partial charge in [0.25, 0.3) is 0 Å². The van der Waals surface area contributed by atoms with Gasteiger partial charge in [-0.05, 0) is 32.2 Å². The Morgan fingerprint density at radius 1 is 1.08 bits per heavy atom. The maximum absolute atomic E-state index is 12.5. The molecule has 6 nitrogen and oxygen atoms in total. The molecule has 2 rings (SSSR count). The van der Waals surface area contributed by atoms with Gasteiger partial charge in [0.05, 0.1) is 6.61 Å². The Morgan fingerprint density at radius 2 is 1.77 bits per heavy atom. The van der Waals surface area contributed by atoms with Crippen molar-refractivity contribution in [1.82, 2.24) is 4.90 Å². The molecule has 26 heavy (non-hydrogen) atoms. The van der Waals surface area contributed by atoms with Crippen LogP contribution in [0.5, 0.6) is 0 Å². The smallest absolute Gasteiger partial charge is 0.410 e. The van der Waals surface area contributed by atoms with E-state index < -0.39 is 11.7 Å². The highest BCUT2D eigenvalue weighted by Gasteiger charge is 2.24. The molecule has 0 heterocycles. The third-order valence-corrected chi connectivity index (χ3v) is 3.62. The zero-order valence-electron chi connectivity index (χ0n) is 15.7. The number of hydrogen-bond acceptors (Lipinski definition) is 4. The number of methoxy groups -OCH3 is 1. The SMILES string of the molecule is COCCN(CC(=O)Nc1cccc2ccccc12)C(=O)OC(C)(C)C. The van der Waals surface area contributed by atoms with E-state index in [0.29, 0.717) is 12.3 Å². The largest absolute Gasteiger partial charge is 0.444 e. The molecule has 2 amide bonds. The average molecular weight is 358 g/mol. The van der Waals surface area contributed by atoms with Gasteiger partial charge in [0.15, 0.2) is 0 Å². The van der Waals surface area contributed by atoms with Gasteiger partial charge in [-0.2, -0.15) is 0 Å². The fraction of sp³-hybridized carbons (Fsp3) is 0.400. The van der Waals surface area contributed by atoms with Crippen molar-refractivity contribution < 1.29 is 19.1 Å². The molecule has 0 aromatic heterocycles. The van der Waals surface area contributed by atoms with E-state index >= 15 is 0 Å². The lowest BCUT2D eigenvalue weighted by Crippen LogP contribution is -2.42. The number of rotatable bonds is 6. The van der Waals surface area contributed by atoms with Crippen molar-refractivity contribution in [3.63, 3.8) is 0 Å². The molecule has 2 aromatic carbocycles. The van der Waals surface area contributed by atoms with Gasteiger partial charge >= 0.3 is 6.09 Å². The number of amides is 2. The van der Waals surface area contributed by atoms with Crippen LogP contribution in [0.1, 0.15) is 20.8 Å². The maximum Gasteiger partial charge on any atom is 0.410 e. The Bertz CT molecular complexity index is 762. The molecule has 0 radical (unpaired) electrons. The van der Waals surface area contributed by atoms with E-state index in [1.54, 1.807) is 27.9 Å². The van der Waals surface area contributed by atoms with Gasteiger partial charge in [-0.25, -0.2) is 4.79 Å². The van der Waals surface area contributed by atoms with Crippen LogP contribution in [0.25, 0.3) is 10.8 Å². The van der Waals surface area contributed by atoms with E-state index in [1.807, 2.05) is 42.5 Å². The Balaban J connectivity index is 2.09. The number of benzene rings is 2. The average Bonchev–Trinajstić information content (AvgIpc) is 2.57. The zero-order chi connectivity index (χ0) is 19.2. The second kappa shape index (κ2) is 8.67. The standard InChI is InChI=1S/C20H26N2O4/c1-20(2,3)26-19(24)22(12-13-25-4)14-18(23)21-17-11-7-9-15-8-5-6-10-16(15)17/h5-11H,12-14H2,1-4H3,(H,21,23). The summed E-state index contributed by atoms with van der Waals surface area (Å²) in [6.07, 6.45) is -0.539. The minimum atomic E-state index is -0.630. The third kappa shape index (κ3) is 5.74. The minimum Gasteiger partial charge on any atom is -0.444 e. The Hall–Kier alpha value is -2.60. The van der Waals surface area contributed by atoms with Crippen LogP contribution in [-0.2, 0) is 14.3 Å². The lowest BCUT2D eigenvalue weighted by molar-refractivity contribution is -0.117. The third-order valence-electron chi connectivity index (χ3n) is 3.62. The monoisotopic (exact) mass is 358 g/mol. The molecule has 0 spiro atoms. The first-order chi connectivity index (χ1) is 12.3. The van der Waals surface area contributed by atoms with Gasteiger partial charge in [-0.3, -0.25) is 9.69 Å². The quantitative estimate of drug-likeness (QED) is 0.856. The summed E-state index contributed by atoms with van der Waals surface area (Å²) in [7, 11) is 1.55. The topological polar surface area (TPSA) is 67.9 Å².